The van der Waals surface area contributed by atoms with E-state index in [-0.39, 0.29) is 5.69 Å². The van der Waals surface area contributed by atoms with E-state index in [1.807, 2.05) is 0 Å². The Hall–Kier alpha value is -1.65. The number of carbonyl (C=O) groups is 1. The third kappa shape index (κ3) is 1.75. The molecule has 0 radical (unpaired) electrons. The van der Waals surface area contributed by atoms with Crippen LogP contribution in [-0.2, 0) is 4.74 Å². The summed E-state index contributed by atoms with van der Waals surface area (Å²) in [5.74, 6) is 1.26. The number of ether oxygens (including phenoxy) is 1. The first-order valence-corrected chi connectivity index (χ1v) is 5.95. The highest BCUT2D eigenvalue weighted by atomic mass is 16.5. The first kappa shape index (κ1) is 10.5. The number of nitrogens with zero attached hydrogens (tertiary/aromatic N) is 3. The monoisotopic (exact) mass is 233 g/mol. The Labute approximate surface area is 99.8 Å². The van der Waals surface area contributed by atoms with Gasteiger partial charge in [0.1, 0.15) is 5.82 Å². The Balaban J connectivity index is 1.78. The van der Waals surface area contributed by atoms with E-state index in [1.165, 1.54) is 32.6 Å². The van der Waals surface area contributed by atoms with Crippen LogP contribution in [0.2, 0.25) is 0 Å². The van der Waals surface area contributed by atoms with Crippen LogP contribution in [0.1, 0.15) is 29.8 Å². The maximum Gasteiger partial charge on any atom is 0.358 e. The van der Waals surface area contributed by atoms with Gasteiger partial charge in [0.15, 0.2) is 5.69 Å². The topological polar surface area (TPSA) is 55.3 Å². The molecule has 17 heavy (non-hydrogen) atoms. The van der Waals surface area contributed by atoms with E-state index < -0.39 is 5.97 Å². The predicted octanol–water partition coefficient (Wildman–Crippen LogP) is 1.25. The Morgan fingerprint density at radius 1 is 1.41 bits per heavy atom. The zero-order chi connectivity index (χ0) is 11.8. The van der Waals surface area contributed by atoms with E-state index >= 15 is 0 Å². The third-order valence-corrected chi connectivity index (χ3v) is 3.74. The van der Waals surface area contributed by atoms with E-state index in [1.54, 1.807) is 6.20 Å². The van der Waals surface area contributed by atoms with E-state index in [0.29, 0.717) is 6.04 Å². The molecule has 90 valence electrons. The standard InChI is InChI=1S/C12H15N3O2/c1-17-12(16)10-5-14-11(6-13-10)15-7-8-2-3-9(15)4-8/h5-6,8-9H,2-4,7H2,1H3. The summed E-state index contributed by atoms with van der Waals surface area (Å²) in [5, 5.41) is 0. The Morgan fingerprint density at radius 2 is 2.29 bits per heavy atom. The smallest absolute Gasteiger partial charge is 0.358 e. The van der Waals surface area contributed by atoms with Gasteiger partial charge in [-0.2, -0.15) is 0 Å². The van der Waals surface area contributed by atoms with Crippen LogP contribution in [0, 0.1) is 5.92 Å². The molecule has 2 fully saturated rings. The number of hydrogen-bond donors (Lipinski definition) is 0. The number of carbonyl (C=O) groups excluding carboxylic acids is 1. The number of aromatic nitrogens is 2. The average molecular weight is 233 g/mol. The zero-order valence-electron chi connectivity index (χ0n) is 9.80. The van der Waals surface area contributed by atoms with Crippen LogP contribution in [-0.4, -0.2) is 35.6 Å². The molecule has 2 heterocycles. The average Bonchev–Trinajstić information content (AvgIpc) is 3.00. The molecule has 5 heteroatoms. The minimum absolute atomic E-state index is 0.264. The van der Waals surface area contributed by atoms with Crippen molar-refractivity contribution in [3.8, 4) is 0 Å². The largest absolute Gasteiger partial charge is 0.464 e. The minimum atomic E-state index is -0.438. The Kier molecular flexibility index (Phi) is 2.46. The highest BCUT2D eigenvalue weighted by Gasteiger charge is 2.38. The highest BCUT2D eigenvalue weighted by Crippen LogP contribution is 2.39. The highest BCUT2D eigenvalue weighted by molar-refractivity contribution is 5.86. The van der Waals surface area contributed by atoms with Gasteiger partial charge in [-0.25, -0.2) is 14.8 Å². The molecule has 2 aliphatic rings. The maximum absolute atomic E-state index is 11.2. The number of esters is 1. The molecular weight excluding hydrogens is 218 g/mol. The van der Waals surface area contributed by atoms with Gasteiger partial charge in [-0.15, -0.1) is 0 Å². The van der Waals surface area contributed by atoms with Crippen LogP contribution >= 0.6 is 0 Å². The molecule has 2 unspecified atom stereocenters. The Bertz CT molecular complexity index is 432. The lowest BCUT2D eigenvalue weighted by molar-refractivity contribution is 0.0593. The zero-order valence-corrected chi connectivity index (χ0v) is 9.80. The van der Waals surface area contributed by atoms with Crippen LogP contribution in [0.4, 0.5) is 5.82 Å². The summed E-state index contributed by atoms with van der Waals surface area (Å²) in [4.78, 5) is 22.0. The molecule has 5 nitrogen and oxygen atoms in total. The van der Waals surface area contributed by atoms with Gasteiger partial charge in [-0.05, 0) is 25.2 Å². The molecule has 2 atom stereocenters. The lowest BCUT2D eigenvalue weighted by atomic mass is 10.1. The van der Waals surface area contributed by atoms with Gasteiger partial charge in [0.05, 0.1) is 19.5 Å². The van der Waals surface area contributed by atoms with Crippen molar-refractivity contribution in [3.63, 3.8) is 0 Å². The van der Waals surface area contributed by atoms with Crippen LogP contribution in [0.5, 0.6) is 0 Å². The van der Waals surface area contributed by atoms with Crippen LogP contribution in [0.15, 0.2) is 12.4 Å². The second kappa shape index (κ2) is 3.98. The van der Waals surface area contributed by atoms with Gasteiger partial charge >= 0.3 is 5.97 Å². The molecule has 0 amide bonds. The number of fused-ring (bicyclic) bond motifs is 2. The fourth-order valence-corrected chi connectivity index (χ4v) is 2.88. The van der Waals surface area contributed by atoms with E-state index in [4.69, 9.17) is 0 Å². The lowest BCUT2D eigenvalue weighted by Gasteiger charge is -2.27. The second-order valence-corrected chi connectivity index (χ2v) is 4.74. The molecule has 1 saturated carbocycles. The van der Waals surface area contributed by atoms with Crippen molar-refractivity contribution in [2.45, 2.75) is 25.3 Å². The number of hydrogen-bond acceptors (Lipinski definition) is 5. The van der Waals surface area contributed by atoms with Crippen molar-refractivity contribution in [1.82, 2.24) is 9.97 Å². The van der Waals surface area contributed by atoms with Gasteiger partial charge in [0.2, 0.25) is 0 Å². The van der Waals surface area contributed by atoms with Crippen LogP contribution in [0.25, 0.3) is 0 Å². The van der Waals surface area contributed by atoms with Crippen molar-refractivity contribution in [1.29, 1.82) is 0 Å². The first-order valence-electron chi connectivity index (χ1n) is 5.95. The molecule has 3 rings (SSSR count). The SMILES string of the molecule is COC(=O)c1cnc(N2CC3CCC2C3)cn1. The molecule has 1 aromatic rings. The summed E-state index contributed by atoms with van der Waals surface area (Å²) in [6.45, 7) is 1.08. The summed E-state index contributed by atoms with van der Waals surface area (Å²) in [6.07, 6.45) is 7.04. The summed E-state index contributed by atoms with van der Waals surface area (Å²) in [7, 11) is 1.34. The fourth-order valence-electron chi connectivity index (χ4n) is 2.88. The number of piperidine rings is 1. The maximum atomic E-state index is 11.2. The molecule has 1 aromatic heterocycles. The number of anilines is 1. The second-order valence-electron chi connectivity index (χ2n) is 4.74. The molecule has 2 bridgehead atoms. The molecule has 1 aliphatic heterocycles. The van der Waals surface area contributed by atoms with Crippen molar-refractivity contribution >= 4 is 11.8 Å². The van der Waals surface area contributed by atoms with Crippen LogP contribution in [0.3, 0.4) is 0 Å². The van der Waals surface area contributed by atoms with Crippen molar-refractivity contribution in [3.05, 3.63) is 18.1 Å². The summed E-state index contributed by atoms with van der Waals surface area (Å²) in [6, 6.07) is 0.623. The Morgan fingerprint density at radius 3 is 2.82 bits per heavy atom. The van der Waals surface area contributed by atoms with Crippen molar-refractivity contribution in [2.24, 2.45) is 5.92 Å². The fraction of sp³-hybridized carbons (Fsp3) is 0.583. The van der Waals surface area contributed by atoms with E-state index in [2.05, 4.69) is 19.6 Å². The molecule has 0 N–H and O–H groups in total. The van der Waals surface area contributed by atoms with Gasteiger partial charge in [0.25, 0.3) is 0 Å². The normalized spacial score (nSPS) is 26.3. The van der Waals surface area contributed by atoms with Gasteiger partial charge in [-0.3, -0.25) is 0 Å². The van der Waals surface area contributed by atoms with Gasteiger partial charge < -0.3 is 9.64 Å². The van der Waals surface area contributed by atoms with E-state index in [9.17, 15) is 4.79 Å². The van der Waals surface area contributed by atoms with E-state index in [0.717, 1.165) is 18.3 Å². The van der Waals surface area contributed by atoms with Gasteiger partial charge in [-0.1, -0.05) is 0 Å². The summed E-state index contributed by atoms with van der Waals surface area (Å²) < 4.78 is 4.60. The van der Waals surface area contributed by atoms with Crippen LogP contribution < -0.4 is 4.90 Å². The molecule has 0 spiro atoms. The quantitative estimate of drug-likeness (QED) is 0.720. The van der Waals surface area contributed by atoms with Crippen molar-refractivity contribution < 1.29 is 9.53 Å². The predicted molar refractivity (Wildman–Crippen MR) is 61.8 cm³/mol. The third-order valence-electron chi connectivity index (χ3n) is 3.74. The first-order chi connectivity index (χ1) is 8.28. The number of methoxy groups -OCH3 is 1. The van der Waals surface area contributed by atoms with Gasteiger partial charge in [0, 0.05) is 12.6 Å². The van der Waals surface area contributed by atoms with Crippen molar-refractivity contribution in [2.75, 3.05) is 18.6 Å². The minimum Gasteiger partial charge on any atom is -0.464 e. The molecule has 0 aromatic carbocycles. The summed E-state index contributed by atoms with van der Waals surface area (Å²) >= 11 is 0. The molecular formula is C12H15N3O2. The number of rotatable bonds is 2. The molecule has 1 saturated heterocycles. The summed E-state index contributed by atoms with van der Waals surface area (Å²) in [5.41, 5.74) is 0.264. The molecule has 1 aliphatic carbocycles. The lowest BCUT2D eigenvalue weighted by Crippen LogP contribution is -2.32.